The first-order chi connectivity index (χ1) is 15.8. The second-order valence-electron chi connectivity index (χ2n) is 8.57. The van der Waals surface area contributed by atoms with E-state index < -0.39 is 18.2 Å². The zero-order valence-electron chi connectivity index (χ0n) is 19.1. The lowest BCUT2D eigenvalue weighted by molar-refractivity contribution is -0.126. The summed E-state index contributed by atoms with van der Waals surface area (Å²) in [6.07, 6.45) is -0.240. The first-order valence-electron chi connectivity index (χ1n) is 11.2. The highest BCUT2D eigenvalue weighted by Crippen LogP contribution is 2.35. The number of anilines is 1. The smallest absolute Gasteiger partial charge is 0.411 e. The van der Waals surface area contributed by atoms with Gasteiger partial charge in [-0.05, 0) is 47.7 Å². The Morgan fingerprint density at radius 1 is 1.15 bits per heavy atom. The second-order valence-corrected chi connectivity index (χ2v) is 9.01. The molecule has 8 heteroatoms. The van der Waals surface area contributed by atoms with E-state index in [-0.39, 0.29) is 24.3 Å². The number of hydrogen-bond donors (Lipinski definition) is 2. The third-order valence-corrected chi connectivity index (χ3v) is 5.49. The molecule has 1 aliphatic heterocycles. The molecule has 1 fully saturated rings. The molecule has 3 rings (SSSR count). The van der Waals surface area contributed by atoms with Crippen LogP contribution in [0, 0.1) is 5.92 Å². The average molecular weight is 472 g/mol. The molecule has 0 aromatic heterocycles. The van der Waals surface area contributed by atoms with Crippen LogP contribution in [0.2, 0.25) is 5.02 Å². The van der Waals surface area contributed by atoms with Crippen molar-refractivity contribution in [1.29, 1.82) is 0 Å². The van der Waals surface area contributed by atoms with Gasteiger partial charge in [-0.25, -0.2) is 4.79 Å². The largest absolute Gasteiger partial charge is 0.438 e. The molecule has 33 heavy (non-hydrogen) atoms. The minimum absolute atomic E-state index is 0.0909. The number of halogens is 1. The fourth-order valence-corrected chi connectivity index (χ4v) is 3.91. The van der Waals surface area contributed by atoms with E-state index in [1.165, 1.54) is 4.90 Å². The van der Waals surface area contributed by atoms with Gasteiger partial charge in [0.1, 0.15) is 0 Å². The number of carbonyl (C=O) groups excluding carboxylic acids is 3. The molecule has 2 aromatic carbocycles. The fraction of sp³-hybridized carbons (Fsp3) is 0.400. The van der Waals surface area contributed by atoms with E-state index in [1.54, 1.807) is 42.5 Å². The van der Waals surface area contributed by atoms with Crippen LogP contribution in [0.3, 0.4) is 0 Å². The summed E-state index contributed by atoms with van der Waals surface area (Å²) in [5, 5.41) is 6.33. The number of amides is 3. The van der Waals surface area contributed by atoms with Crippen LogP contribution in [-0.4, -0.2) is 35.4 Å². The van der Waals surface area contributed by atoms with Gasteiger partial charge >= 0.3 is 6.09 Å². The van der Waals surface area contributed by atoms with Crippen molar-refractivity contribution in [3.05, 3.63) is 64.7 Å². The molecular formula is C25H30ClN3O4. The quantitative estimate of drug-likeness (QED) is 0.543. The molecule has 1 aliphatic rings. The van der Waals surface area contributed by atoms with Crippen molar-refractivity contribution in [1.82, 2.24) is 10.2 Å². The third kappa shape index (κ3) is 6.48. The van der Waals surface area contributed by atoms with Gasteiger partial charge in [0.25, 0.3) is 0 Å². The first-order valence-corrected chi connectivity index (χ1v) is 11.6. The summed E-state index contributed by atoms with van der Waals surface area (Å²) in [6.45, 7) is 6.60. The van der Waals surface area contributed by atoms with Crippen molar-refractivity contribution >= 4 is 35.2 Å². The van der Waals surface area contributed by atoms with Gasteiger partial charge < -0.3 is 15.4 Å². The first kappa shape index (κ1) is 24.6. The van der Waals surface area contributed by atoms with Gasteiger partial charge in [0.05, 0.1) is 6.54 Å². The molecule has 0 saturated carbocycles. The number of hydrogen-bond acceptors (Lipinski definition) is 4. The van der Waals surface area contributed by atoms with E-state index in [2.05, 4.69) is 10.6 Å². The Morgan fingerprint density at radius 2 is 1.91 bits per heavy atom. The van der Waals surface area contributed by atoms with E-state index in [9.17, 15) is 14.4 Å². The molecule has 1 heterocycles. The number of nitrogens with zero attached hydrogens (tertiary/aromatic N) is 1. The minimum Gasteiger partial charge on any atom is -0.438 e. The van der Waals surface area contributed by atoms with Gasteiger partial charge in [-0.3, -0.25) is 14.5 Å². The highest BCUT2D eigenvalue weighted by Gasteiger charge is 2.47. The molecule has 0 aliphatic carbocycles. The van der Waals surface area contributed by atoms with Crippen LogP contribution in [0.5, 0.6) is 0 Å². The fourth-order valence-electron chi connectivity index (χ4n) is 3.70. The summed E-state index contributed by atoms with van der Waals surface area (Å²) >= 11 is 6.11. The number of carbonyl (C=O) groups is 3. The van der Waals surface area contributed by atoms with Crippen LogP contribution in [0.25, 0.3) is 0 Å². The minimum atomic E-state index is -0.864. The molecular weight excluding hydrogens is 442 g/mol. The monoisotopic (exact) mass is 471 g/mol. The number of ether oxygens (including phenoxy) is 1. The summed E-state index contributed by atoms with van der Waals surface area (Å²) in [6, 6.07) is 13.4. The Labute approximate surface area is 199 Å². The maximum Gasteiger partial charge on any atom is 0.411 e. The highest BCUT2D eigenvalue weighted by atomic mass is 35.5. The Morgan fingerprint density at radius 3 is 2.61 bits per heavy atom. The van der Waals surface area contributed by atoms with Crippen molar-refractivity contribution in [2.24, 2.45) is 5.92 Å². The summed E-state index contributed by atoms with van der Waals surface area (Å²) < 4.78 is 5.69. The summed E-state index contributed by atoms with van der Waals surface area (Å²) in [7, 11) is 0. The predicted octanol–water partition coefficient (Wildman–Crippen LogP) is 4.91. The molecule has 0 radical (unpaired) electrons. The van der Waals surface area contributed by atoms with Gasteiger partial charge in [-0.1, -0.05) is 56.6 Å². The standard InChI is InChI=1S/C25H30ClN3O4/c1-4-7-21(30)28-20-11-6-9-18(13-20)23-22(24(31)27-14-16(2)3)29(25(32)33-23)15-17-8-5-10-19(26)12-17/h5-6,8-13,16,22-23H,4,7,14-15H2,1-3H3,(H,27,31)(H,28,30)/t22-,23-/m0/s1. The van der Waals surface area contributed by atoms with Crippen molar-refractivity contribution in [3.8, 4) is 0 Å². The van der Waals surface area contributed by atoms with Crippen LogP contribution in [-0.2, 0) is 20.9 Å². The molecule has 7 nitrogen and oxygen atoms in total. The van der Waals surface area contributed by atoms with Crippen LogP contribution in [0.4, 0.5) is 10.5 Å². The van der Waals surface area contributed by atoms with Crippen LogP contribution < -0.4 is 10.6 Å². The Kier molecular flexibility index (Phi) is 8.33. The van der Waals surface area contributed by atoms with E-state index >= 15 is 0 Å². The zero-order valence-corrected chi connectivity index (χ0v) is 19.9. The van der Waals surface area contributed by atoms with Gasteiger partial charge in [0.15, 0.2) is 12.1 Å². The molecule has 2 aromatic rings. The van der Waals surface area contributed by atoms with E-state index in [4.69, 9.17) is 16.3 Å². The lowest BCUT2D eigenvalue weighted by atomic mass is 9.99. The Hall–Kier alpha value is -3.06. The van der Waals surface area contributed by atoms with Crippen molar-refractivity contribution in [3.63, 3.8) is 0 Å². The summed E-state index contributed by atoms with van der Waals surface area (Å²) in [5.41, 5.74) is 2.02. The van der Waals surface area contributed by atoms with E-state index in [1.807, 2.05) is 26.8 Å². The Bertz CT molecular complexity index is 1010. The van der Waals surface area contributed by atoms with Crippen LogP contribution >= 0.6 is 11.6 Å². The normalized spacial score (nSPS) is 17.7. The van der Waals surface area contributed by atoms with Crippen molar-refractivity contribution in [2.75, 3.05) is 11.9 Å². The number of cyclic esters (lactones) is 1. The third-order valence-electron chi connectivity index (χ3n) is 5.26. The molecule has 0 spiro atoms. The summed E-state index contributed by atoms with van der Waals surface area (Å²) in [4.78, 5) is 39.5. The SMILES string of the molecule is CCCC(=O)Nc1cccc([C@@H]2OC(=O)N(Cc3cccc(Cl)c3)[C@@H]2C(=O)NCC(C)C)c1. The highest BCUT2D eigenvalue weighted by molar-refractivity contribution is 6.30. The number of nitrogens with one attached hydrogen (secondary N) is 2. The molecule has 176 valence electrons. The maximum absolute atomic E-state index is 13.2. The molecule has 2 N–H and O–H groups in total. The summed E-state index contributed by atoms with van der Waals surface area (Å²) in [5.74, 6) is -0.127. The maximum atomic E-state index is 13.2. The molecule has 3 amide bonds. The number of benzene rings is 2. The van der Waals surface area contributed by atoms with Gasteiger partial charge in [0, 0.05) is 23.7 Å². The predicted molar refractivity (Wildman–Crippen MR) is 128 cm³/mol. The van der Waals surface area contributed by atoms with E-state index in [0.29, 0.717) is 29.2 Å². The Balaban J connectivity index is 1.90. The van der Waals surface area contributed by atoms with Crippen molar-refractivity contribution < 1.29 is 19.1 Å². The number of rotatable bonds is 9. The molecule has 0 unspecified atom stereocenters. The zero-order chi connectivity index (χ0) is 24.0. The van der Waals surface area contributed by atoms with Crippen LogP contribution in [0.15, 0.2) is 48.5 Å². The lowest BCUT2D eigenvalue weighted by Gasteiger charge is -2.25. The molecule has 2 atom stereocenters. The van der Waals surface area contributed by atoms with Crippen molar-refractivity contribution in [2.45, 2.75) is 52.3 Å². The van der Waals surface area contributed by atoms with Gasteiger partial charge in [0.2, 0.25) is 11.8 Å². The lowest BCUT2D eigenvalue weighted by Crippen LogP contribution is -2.47. The molecule has 1 saturated heterocycles. The van der Waals surface area contributed by atoms with E-state index in [0.717, 1.165) is 12.0 Å². The second kappa shape index (κ2) is 11.2. The topological polar surface area (TPSA) is 87.7 Å². The average Bonchev–Trinajstić information content (AvgIpc) is 3.08. The van der Waals surface area contributed by atoms with Gasteiger partial charge in [-0.15, -0.1) is 0 Å². The van der Waals surface area contributed by atoms with Crippen LogP contribution in [0.1, 0.15) is 50.8 Å². The molecule has 0 bridgehead atoms. The van der Waals surface area contributed by atoms with Gasteiger partial charge in [-0.2, -0.15) is 0 Å².